The van der Waals surface area contributed by atoms with Crippen LogP contribution >= 0.6 is 15.6 Å². The molecule has 2 unspecified atom stereocenters. The zero-order chi connectivity index (χ0) is 77.2. The van der Waals surface area contributed by atoms with Crippen LogP contribution in [0.3, 0.4) is 0 Å². The van der Waals surface area contributed by atoms with Crippen molar-refractivity contribution in [1.82, 2.24) is 0 Å². The van der Waals surface area contributed by atoms with Gasteiger partial charge >= 0.3 is 39.5 Å². The molecule has 0 saturated heterocycles. The van der Waals surface area contributed by atoms with Crippen LogP contribution in [0.4, 0.5) is 0 Å². The average molecular weight is 1540 g/mol. The third-order valence-corrected chi connectivity index (χ3v) is 22.0. The number of rotatable bonds is 84. The Kier molecular flexibility index (Phi) is 74.7. The van der Waals surface area contributed by atoms with Crippen molar-refractivity contribution in [2.24, 2.45) is 17.8 Å². The molecule has 0 heterocycles. The first-order valence-electron chi connectivity index (χ1n) is 44.3. The monoisotopic (exact) mass is 1540 g/mol. The maximum absolute atomic E-state index is 13.1. The van der Waals surface area contributed by atoms with Crippen LogP contribution < -0.4 is 0 Å². The lowest BCUT2D eigenvalue weighted by Crippen LogP contribution is -2.30. The number of esters is 4. The van der Waals surface area contributed by atoms with Crippen LogP contribution in [0.1, 0.15) is 453 Å². The van der Waals surface area contributed by atoms with Gasteiger partial charge in [0.05, 0.1) is 26.4 Å². The van der Waals surface area contributed by atoms with E-state index in [0.29, 0.717) is 25.7 Å². The highest BCUT2D eigenvalue weighted by atomic mass is 31.2. The van der Waals surface area contributed by atoms with Crippen molar-refractivity contribution in [1.29, 1.82) is 0 Å². The third kappa shape index (κ3) is 79.9. The van der Waals surface area contributed by atoms with Crippen molar-refractivity contribution in [2.75, 3.05) is 39.6 Å². The third-order valence-electron chi connectivity index (χ3n) is 20.1. The van der Waals surface area contributed by atoms with Crippen LogP contribution in [0.5, 0.6) is 0 Å². The number of carbonyl (C=O) groups excluding carboxylic acids is 4. The Labute approximate surface area is 645 Å². The van der Waals surface area contributed by atoms with E-state index in [-0.39, 0.29) is 25.7 Å². The fourth-order valence-corrected chi connectivity index (χ4v) is 14.9. The van der Waals surface area contributed by atoms with Gasteiger partial charge in [-0.15, -0.1) is 0 Å². The number of hydrogen-bond donors (Lipinski definition) is 3. The molecular formula is C86H168O17P2. The highest BCUT2D eigenvalue weighted by Gasteiger charge is 2.30. The molecule has 0 aliphatic carbocycles. The Hall–Kier alpha value is -1.94. The van der Waals surface area contributed by atoms with Crippen molar-refractivity contribution in [3.8, 4) is 0 Å². The summed E-state index contributed by atoms with van der Waals surface area (Å²) in [6.07, 6.45) is 66.6. The predicted octanol–water partition coefficient (Wildman–Crippen LogP) is 26.1. The number of phosphoric acid groups is 2. The van der Waals surface area contributed by atoms with Gasteiger partial charge in [-0.2, -0.15) is 0 Å². The molecule has 5 atom stereocenters. The van der Waals surface area contributed by atoms with Gasteiger partial charge in [-0.1, -0.05) is 402 Å². The molecule has 0 aliphatic heterocycles. The lowest BCUT2D eigenvalue weighted by molar-refractivity contribution is -0.161. The molecule has 3 N–H and O–H groups in total. The zero-order valence-corrected chi connectivity index (χ0v) is 71.0. The van der Waals surface area contributed by atoms with Crippen molar-refractivity contribution in [2.45, 2.75) is 471 Å². The minimum Gasteiger partial charge on any atom is -0.462 e. The first-order valence-corrected chi connectivity index (χ1v) is 47.3. The van der Waals surface area contributed by atoms with E-state index in [2.05, 4.69) is 48.5 Å². The normalized spacial score (nSPS) is 13.9. The van der Waals surface area contributed by atoms with E-state index in [1.165, 1.54) is 263 Å². The van der Waals surface area contributed by atoms with E-state index in [9.17, 15) is 43.2 Å². The van der Waals surface area contributed by atoms with Gasteiger partial charge in [-0.3, -0.25) is 37.3 Å². The van der Waals surface area contributed by atoms with E-state index in [4.69, 9.17) is 37.0 Å². The second-order valence-corrected chi connectivity index (χ2v) is 35.3. The standard InChI is InChI=1S/C86H168O17P2/c1-8-9-10-11-12-13-14-15-16-17-18-21-27-32-39-46-53-60-67-83(88)96-73-81(102-85(90)69-62-55-48-40-33-28-22-19-20-25-30-36-43-50-57-64-77(2)3)75-100-104(92,93)98-71-80(87)72-99-105(94,95)101-76-82(74-97-84(89)68-61-54-47-42-35-38-45-52-59-66-79(6)7)103-86(91)70-63-56-49-41-34-29-24-23-26-31-37-44-51-58-65-78(4)5/h77-82,87H,8-76H2,1-7H3,(H,92,93)(H,94,95)/t80-,81-,82-/m1/s1. The quantitative estimate of drug-likeness (QED) is 0.0222. The Balaban J connectivity index is 5.26. The number of unbranched alkanes of at least 4 members (excludes halogenated alkanes) is 52. The molecule has 0 aromatic rings. The van der Waals surface area contributed by atoms with Crippen molar-refractivity contribution in [3.05, 3.63) is 0 Å². The zero-order valence-electron chi connectivity index (χ0n) is 69.2. The fraction of sp³-hybridized carbons (Fsp3) is 0.953. The first kappa shape index (κ1) is 103. The second-order valence-electron chi connectivity index (χ2n) is 32.4. The predicted molar refractivity (Wildman–Crippen MR) is 432 cm³/mol. The molecule has 0 aromatic carbocycles. The second kappa shape index (κ2) is 76.1. The maximum Gasteiger partial charge on any atom is 0.472 e. The molecule has 19 heteroatoms. The van der Waals surface area contributed by atoms with E-state index in [1.54, 1.807) is 0 Å². The summed E-state index contributed by atoms with van der Waals surface area (Å²) in [7, 11) is -9.93. The number of aliphatic hydroxyl groups is 1. The van der Waals surface area contributed by atoms with E-state index in [0.717, 1.165) is 108 Å². The number of carbonyl (C=O) groups is 4. The molecule has 17 nitrogen and oxygen atoms in total. The molecule has 0 saturated carbocycles. The van der Waals surface area contributed by atoms with Gasteiger partial charge in [0.25, 0.3) is 0 Å². The first-order chi connectivity index (χ1) is 50.7. The summed E-state index contributed by atoms with van der Waals surface area (Å²) in [5, 5.41) is 10.7. The molecule has 0 radical (unpaired) electrons. The van der Waals surface area contributed by atoms with Gasteiger partial charge in [-0.05, 0) is 43.4 Å². The number of phosphoric ester groups is 2. The molecule has 0 bridgehead atoms. The largest absolute Gasteiger partial charge is 0.472 e. The van der Waals surface area contributed by atoms with Crippen molar-refractivity contribution < 1.29 is 80.2 Å². The van der Waals surface area contributed by atoms with E-state index < -0.39 is 97.5 Å². The lowest BCUT2D eigenvalue weighted by Gasteiger charge is -2.21. The summed E-state index contributed by atoms with van der Waals surface area (Å²) in [6.45, 7) is 12.0. The minimum atomic E-state index is -4.97. The van der Waals surface area contributed by atoms with Gasteiger partial charge in [-0.25, -0.2) is 9.13 Å². The van der Waals surface area contributed by atoms with Crippen LogP contribution in [0.2, 0.25) is 0 Å². The summed E-state index contributed by atoms with van der Waals surface area (Å²) < 4.78 is 68.9. The molecule has 0 fully saturated rings. The number of ether oxygens (including phenoxy) is 4. The van der Waals surface area contributed by atoms with Crippen molar-refractivity contribution >= 4 is 39.5 Å². The highest BCUT2D eigenvalue weighted by Crippen LogP contribution is 2.45. The van der Waals surface area contributed by atoms with Gasteiger partial charge in [0.1, 0.15) is 19.3 Å². The molecule has 0 aliphatic rings. The van der Waals surface area contributed by atoms with Gasteiger partial charge in [0.15, 0.2) is 12.2 Å². The molecule has 0 amide bonds. The van der Waals surface area contributed by atoms with E-state index in [1.807, 2.05) is 0 Å². The number of aliphatic hydroxyl groups excluding tert-OH is 1. The number of hydrogen-bond acceptors (Lipinski definition) is 15. The molecular weight excluding hydrogens is 1370 g/mol. The molecule has 624 valence electrons. The summed E-state index contributed by atoms with van der Waals surface area (Å²) >= 11 is 0. The van der Waals surface area contributed by atoms with Crippen LogP contribution in [0.15, 0.2) is 0 Å². The topological polar surface area (TPSA) is 237 Å². The van der Waals surface area contributed by atoms with E-state index >= 15 is 0 Å². The van der Waals surface area contributed by atoms with Gasteiger partial charge in [0.2, 0.25) is 0 Å². The van der Waals surface area contributed by atoms with Crippen molar-refractivity contribution in [3.63, 3.8) is 0 Å². The lowest BCUT2D eigenvalue weighted by atomic mass is 10.0. The average Bonchev–Trinajstić information content (AvgIpc) is 0.949. The SMILES string of the molecule is CCCCCCCCCCCCCCCCCCCCC(=O)OC[C@H](COP(=O)(O)OC[C@@H](O)COP(=O)(O)OC[C@@H](COC(=O)CCCCCCCCCCCC(C)C)OC(=O)CCCCCCCCCCCCCCCCC(C)C)OC(=O)CCCCCCCCCCCCCCCCCC(C)C. The van der Waals surface area contributed by atoms with Crippen LogP contribution in [-0.4, -0.2) is 96.7 Å². The summed E-state index contributed by atoms with van der Waals surface area (Å²) in [5.74, 6) is 0.238. The minimum absolute atomic E-state index is 0.107. The Morgan fingerprint density at radius 2 is 0.438 bits per heavy atom. The van der Waals surface area contributed by atoms with Crippen LogP contribution in [-0.2, 0) is 65.4 Å². The Bertz CT molecular complexity index is 2030. The molecule has 105 heavy (non-hydrogen) atoms. The molecule has 0 aromatic heterocycles. The smallest absolute Gasteiger partial charge is 0.462 e. The summed E-state index contributed by atoms with van der Waals surface area (Å²) in [4.78, 5) is 73.3. The summed E-state index contributed by atoms with van der Waals surface area (Å²) in [5.41, 5.74) is 0. The fourth-order valence-electron chi connectivity index (χ4n) is 13.4. The summed E-state index contributed by atoms with van der Waals surface area (Å²) in [6, 6.07) is 0. The van der Waals surface area contributed by atoms with Gasteiger partial charge < -0.3 is 33.8 Å². The van der Waals surface area contributed by atoms with Crippen LogP contribution in [0, 0.1) is 17.8 Å². The van der Waals surface area contributed by atoms with Crippen LogP contribution in [0.25, 0.3) is 0 Å². The molecule has 0 spiro atoms. The Morgan fingerprint density at radius 3 is 0.648 bits per heavy atom. The molecule has 0 rings (SSSR count). The maximum atomic E-state index is 13.1. The highest BCUT2D eigenvalue weighted by molar-refractivity contribution is 7.47. The van der Waals surface area contributed by atoms with Gasteiger partial charge in [0, 0.05) is 25.7 Å². The Morgan fingerprint density at radius 1 is 0.257 bits per heavy atom.